The fourth-order valence-electron chi connectivity index (χ4n) is 2.12. The molecule has 0 bridgehead atoms. The standard InChI is InChI=1S/C16H10FNO2/c17-11-7-5-10(6-8-11)15-9-13(16(19)20)12-3-1-2-4-14(12)18-15/h1-9H,(H,19,20). The molecule has 0 aliphatic carbocycles. The molecule has 1 N–H and O–H groups in total. The third kappa shape index (κ3) is 2.12. The van der Waals surface area contributed by atoms with Gasteiger partial charge in [-0.1, -0.05) is 18.2 Å². The largest absolute Gasteiger partial charge is 0.478 e. The summed E-state index contributed by atoms with van der Waals surface area (Å²) in [5.41, 5.74) is 1.99. The van der Waals surface area contributed by atoms with Crippen LogP contribution in [0.15, 0.2) is 54.6 Å². The van der Waals surface area contributed by atoms with E-state index in [1.165, 1.54) is 18.2 Å². The van der Waals surface area contributed by atoms with Crippen LogP contribution in [0.5, 0.6) is 0 Å². The van der Waals surface area contributed by atoms with E-state index >= 15 is 0 Å². The second-order valence-corrected chi connectivity index (χ2v) is 4.38. The van der Waals surface area contributed by atoms with Gasteiger partial charge >= 0.3 is 5.97 Å². The van der Waals surface area contributed by atoms with E-state index in [-0.39, 0.29) is 11.4 Å². The van der Waals surface area contributed by atoms with E-state index < -0.39 is 5.97 Å². The summed E-state index contributed by atoms with van der Waals surface area (Å²) in [6.45, 7) is 0. The number of aromatic nitrogens is 1. The number of aromatic carboxylic acids is 1. The number of pyridine rings is 1. The van der Waals surface area contributed by atoms with Crippen LogP contribution in [0.3, 0.4) is 0 Å². The number of para-hydroxylation sites is 1. The Bertz CT molecular complexity index is 797. The monoisotopic (exact) mass is 267 g/mol. The van der Waals surface area contributed by atoms with E-state index in [0.717, 1.165) is 0 Å². The first kappa shape index (κ1) is 12.3. The summed E-state index contributed by atoms with van der Waals surface area (Å²) in [7, 11) is 0. The van der Waals surface area contributed by atoms with Crippen molar-refractivity contribution < 1.29 is 14.3 Å². The molecule has 1 aromatic heterocycles. The fourth-order valence-corrected chi connectivity index (χ4v) is 2.12. The van der Waals surface area contributed by atoms with Crippen molar-refractivity contribution in [3.63, 3.8) is 0 Å². The summed E-state index contributed by atoms with van der Waals surface area (Å²) in [4.78, 5) is 15.8. The van der Waals surface area contributed by atoms with Crippen molar-refractivity contribution in [2.24, 2.45) is 0 Å². The summed E-state index contributed by atoms with van der Waals surface area (Å²) in [6.07, 6.45) is 0. The van der Waals surface area contributed by atoms with Crippen LogP contribution in [-0.4, -0.2) is 16.1 Å². The van der Waals surface area contributed by atoms with E-state index in [1.807, 2.05) is 0 Å². The van der Waals surface area contributed by atoms with Gasteiger partial charge in [-0.3, -0.25) is 0 Å². The maximum Gasteiger partial charge on any atom is 0.336 e. The second kappa shape index (κ2) is 4.74. The van der Waals surface area contributed by atoms with Gasteiger partial charge in [0.05, 0.1) is 16.8 Å². The number of nitrogens with zero attached hydrogens (tertiary/aromatic N) is 1. The zero-order chi connectivity index (χ0) is 14.1. The Hall–Kier alpha value is -2.75. The van der Waals surface area contributed by atoms with Gasteiger partial charge in [0.2, 0.25) is 0 Å². The van der Waals surface area contributed by atoms with Crippen molar-refractivity contribution in [2.75, 3.05) is 0 Å². The zero-order valence-corrected chi connectivity index (χ0v) is 10.4. The molecule has 0 saturated heterocycles. The van der Waals surface area contributed by atoms with Crippen molar-refractivity contribution in [3.8, 4) is 11.3 Å². The predicted octanol–water partition coefficient (Wildman–Crippen LogP) is 3.74. The van der Waals surface area contributed by atoms with E-state index in [9.17, 15) is 14.3 Å². The first-order valence-electron chi connectivity index (χ1n) is 6.04. The molecule has 0 radical (unpaired) electrons. The fraction of sp³-hybridized carbons (Fsp3) is 0. The highest BCUT2D eigenvalue weighted by molar-refractivity contribution is 6.03. The Morgan fingerprint density at radius 3 is 2.45 bits per heavy atom. The summed E-state index contributed by atoms with van der Waals surface area (Å²) in [5, 5.41) is 9.90. The first-order valence-corrected chi connectivity index (χ1v) is 6.04. The lowest BCUT2D eigenvalue weighted by molar-refractivity contribution is 0.0699. The van der Waals surface area contributed by atoms with Crippen LogP contribution in [0.4, 0.5) is 4.39 Å². The molecule has 0 aliphatic heterocycles. The second-order valence-electron chi connectivity index (χ2n) is 4.38. The van der Waals surface area contributed by atoms with Crippen molar-refractivity contribution in [3.05, 3.63) is 66.0 Å². The highest BCUT2D eigenvalue weighted by Gasteiger charge is 2.12. The number of benzene rings is 2. The number of rotatable bonds is 2. The Kier molecular flexibility index (Phi) is 2.91. The smallest absolute Gasteiger partial charge is 0.336 e. The van der Waals surface area contributed by atoms with Gasteiger partial charge in [0, 0.05) is 10.9 Å². The highest BCUT2D eigenvalue weighted by Crippen LogP contribution is 2.25. The number of carboxylic acid groups (broad SMARTS) is 1. The van der Waals surface area contributed by atoms with Gasteiger partial charge in [-0.2, -0.15) is 0 Å². The topological polar surface area (TPSA) is 50.2 Å². The van der Waals surface area contributed by atoms with Gasteiger partial charge in [0.25, 0.3) is 0 Å². The third-order valence-electron chi connectivity index (χ3n) is 3.09. The quantitative estimate of drug-likeness (QED) is 0.769. The molecule has 2 aromatic carbocycles. The van der Waals surface area contributed by atoms with Crippen LogP contribution in [0, 0.1) is 5.82 Å². The van der Waals surface area contributed by atoms with Crippen molar-refractivity contribution in [1.82, 2.24) is 4.98 Å². The molecule has 0 fully saturated rings. The Labute approximate surface area is 114 Å². The average Bonchev–Trinajstić information content (AvgIpc) is 2.46. The lowest BCUT2D eigenvalue weighted by atomic mass is 10.0. The van der Waals surface area contributed by atoms with Gasteiger partial charge in [-0.05, 0) is 36.4 Å². The maximum absolute atomic E-state index is 12.9. The van der Waals surface area contributed by atoms with Crippen LogP contribution < -0.4 is 0 Å². The molecule has 0 unspecified atom stereocenters. The van der Waals surface area contributed by atoms with Gasteiger partial charge < -0.3 is 5.11 Å². The number of hydrogen-bond acceptors (Lipinski definition) is 2. The van der Waals surface area contributed by atoms with Crippen molar-refractivity contribution in [1.29, 1.82) is 0 Å². The van der Waals surface area contributed by atoms with E-state index in [1.54, 1.807) is 36.4 Å². The Balaban J connectivity index is 2.27. The van der Waals surface area contributed by atoms with Gasteiger partial charge in [-0.25, -0.2) is 14.2 Å². The molecule has 0 atom stereocenters. The lowest BCUT2D eigenvalue weighted by Gasteiger charge is -2.07. The predicted molar refractivity (Wildman–Crippen MR) is 74.1 cm³/mol. The zero-order valence-electron chi connectivity index (χ0n) is 10.4. The molecule has 0 aliphatic rings. The SMILES string of the molecule is O=C(O)c1cc(-c2ccc(F)cc2)nc2ccccc12. The van der Waals surface area contributed by atoms with Crippen LogP contribution in [0.2, 0.25) is 0 Å². The highest BCUT2D eigenvalue weighted by atomic mass is 19.1. The molecule has 3 nitrogen and oxygen atoms in total. The molecule has 20 heavy (non-hydrogen) atoms. The minimum absolute atomic E-state index is 0.190. The summed E-state index contributed by atoms with van der Waals surface area (Å²) in [5.74, 6) is -1.35. The number of halogens is 1. The first-order chi connectivity index (χ1) is 9.65. The molecule has 1 heterocycles. The van der Waals surface area contributed by atoms with Crippen molar-refractivity contribution in [2.45, 2.75) is 0 Å². The summed E-state index contributed by atoms with van der Waals surface area (Å²) < 4.78 is 12.9. The van der Waals surface area contributed by atoms with Gasteiger partial charge in [0.1, 0.15) is 5.82 Å². The van der Waals surface area contributed by atoms with Gasteiger partial charge in [-0.15, -0.1) is 0 Å². The van der Waals surface area contributed by atoms with E-state index in [2.05, 4.69) is 4.98 Å². The molecule has 0 saturated carbocycles. The minimum Gasteiger partial charge on any atom is -0.478 e. The van der Waals surface area contributed by atoms with Crippen molar-refractivity contribution >= 4 is 16.9 Å². The average molecular weight is 267 g/mol. The van der Waals surface area contributed by atoms with Crippen LogP contribution in [0.1, 0.15) is 10.4 Å². The number of fused-ring (bicyclic) bond motifs is 1. The Morgan fingerprint density at radius 1 is 1.05 bits per heavy atom. The number of hydrogen-bond donors (Lipinski definition) is 1. The molecule has 3 aromatic rings. The number of carboxylic acids is 1. The molecule has 4 heteroatoms. The summed E-state index contributed by atoms with van der Waals surface area (Å²) in [6, 6.07) is 14.4. The molecule has 3 rings (SSSR count). The Morgan fingerprint density at radius 2 is 1.75 bits per heavy atom. The van der Waals surface area contributed by atoms with Gasteiger partial charge in [0.15, 0.2) is 0 Å². The van der Waals surface area contributed by atoms with Crippen LogP contribution in [-0.2, 0) is 0 Å². The molecule has 0 amide bonds. The molecule has 0 spiro atoms. The number of carbonyl (C=O) groups is 1. The normalized spacial score (nSPS) is 10.7. The minimum atomic E-state index is -1.01. The van der Waals surface area contributed by atoms with E-state index in [0.29, 0.717) is 22.2 Å². The maximum atomic E-state index is 12.9. The summed E-state index contributed by atoms with van der Waals surface area (Å²) >= 11 is 0. The third-order valence-corrected chi connectivity index (χ3v) is 3.09. The van der Waals surface area contributed by atoms with Crippen LogP contribution in [0.25, 0.3) is 22.2 Å². The molecular weight excluding hydrogens is 257 g/mol. The molecular formula is C16H10FNO2. The lowest BCUT2D eigenvalue weighted by Crippen LogP contribution is -2.00. The molecule has 98 valence electrons. The van der Waals surface area contributed by atoms with Crippen LogP contribution >= 0.6 is 0 Å². The van der Waals surface area contributed by atoms with E-state index in [4.69, 9.17) is 0 Å².